The van der Waals surface area contributed by atoms with Crippen LogP contribution in [0.25, 0.3) is 0 Å². The Kier molecular flexibility index (Phi) is 6.99. The normalized spacial score (nSPS) is 16.2. The summed E-state index contributed by atoms with van der Waals surface area (Å²) in [4.78, 5) is 21.2. The number of carbonyl (C=O) groups excluding carboxylic acids is 1. The van der Waals surface area contributed by atoms with Crippen molar-refractivity contribution < 1.29 is 9.53 Å². The second kappa shape index (κ2) is 9.43. The number of anilines is 1. The molecule has 0 aliphatic carbocycles. The van der Waals surface area contributed by atoms with Gasteiger partial charge in [0.2, 0.25) is 5.88 Å². The summed E-state index contributed by atoms with van der Waals surface area (Å²) in [6.45, 7) is 3.89. The molecule has 3 rings (SSSR count). The number of ether oxygens (including phenoxy) is 1. The maximum Gasteiger partial charge on any atom is 0.257 e. The lowest BCUT2D eigenvalue weighted by atomic mass is 10.1. The summed E-state index contributed by atoms with van der Waals surface area (Å²) >= 11 is 4.91. The molecule has 1 aliphatic rings. The first-order chi connectivity index (χ1) is 12.6. The van der Waals surface area contributed by atoms with E-state index in [2.05, 4.69) is 26.8 Å². The van der Waals surface area contributed by atoms with Gasteiger partial charge in [-0.05, 0) is 37.7 Å². The maximum atomic E-state index is 12.5. The number of hydrogen-bond donors (Lipinski definition) is 1. The summed E-state index contributed by atoms with van der Waals surface area (Å²) in [5.41, 5.74) is 0.532. The summed E-state index contributed by atoms with van der Waals surface area (Å²) in [7, 11) is 0. The van der Waals surface area contributed by atoms with Crippen molar-refractivity contribution >= 4 is 45.9 Å². The number of hydrogen-bond acceptors (Lipinski definition) is 7. The van der Waals surface area contributed by atoms with Crippen LogP contribution in [0.3, 0.4) is 0 Å². The van der Waals surface area contributed by atoms with E-state index >= 15 is 0 Å². The number of thiazole rings is 1. The number of amides is 1. The molecule has 5 nitrogen and oxygen atoms in total. The molecule has 0 bridgehead atoms. The van der Waals surface area contributed by atoms with E-state index in [1.807, 2.05) is 37.1 Å². The van der Waals surface area contributed by atoms with E-state index in [-0.39, 0.29) is 12.0 Å². The van der Waals surface area contributed by atoms with Crippen LogP contribution in [0.5, 0.6) is 5.88 Å². The molecule has 26 heavy (non-hydrogen) atoms. The Morgan fingerprint density at radius 2 is 2.35 bits per heavy atom. The number of nitrogens with zero attached hydrogens (tertiary/aromatic N) is 2. The van der Waals surface area contributed by atoms with Crippen LogP contribution in [0.15, 0.2) is 40.2 Å². The van der Waals surface area contributed by atoms with Gasteiger partial charge in [-0.1, -0.05) is 6.08 Å². The quantitative estimate of drug-likeness (QED) is 0.626. The van der Waals surface area contributed by atoms with Gasteiger partial charge in [0.15, 0.2) is 5.13 Å². The molecule has 1 amide bonds. The Bertz CT molecular complexity index is 763. The van der Waals surface area contributed by atoms with Gasteiger partial charge >= 0.3 is 0 Å². The fraction of sp³-hybridized carbons (Fsp3) is 0.389. The van der Waals surface area contributed by atoms with Gasteiger partial charge < -0.3 is 4.74 Å². The fourth-order valence-corrected chi connectivity index (χ4v) is 4.83. The highest BCUT2D eigenvalue weighted by Gasteiger charge is 2.14. The molecule has 0 radical (unpaired) electrons. The topological polar surface area (TPSA) is 64.1 Å². The molecule has 138 valence electrons. The monoisotopic (exact) mass is 407 g/mol. The van der Waals surface area contributed by atoms with Crippen LogP contribution < -0.4 is 10.1 Å². The van der Waals surface area contributed by atoms with Crippen LogP contribution in [0.1, 0.15) is 30.6 Å². The molecule has 1 N–H and O–H groups in total. The van der Waals surface area contributed by atoms with E-state index < -0.39 is 0 Å². The van der Waals surface area contributed by atoms with Crippen LogP contribution >= 0.6 is 34.9 Å². The number of allylic oxidation sites excluding steroid dienone is 1. The lowest BCUT2D eigenvalue weighted by molar-refractivity contribution is 0.102. The Morgan fingerprint density at radius 1 is 1.46 bits per heavy atom. The van der Waals surface area contributed by atoms with Gasteiger partial charge in [0.05, 0.1) is 6.10 Å². The Morgan fingerprint density at radius 3 is 3.04 bits per heavy atom. The van der Waals surface area contributed by atoms with Gasteiger partial charge in [-0.15, -0.1) is 34.9 Å². The number of aromatic nitrogens is 2. The molecule has 0 saturated carbocycles. The van der Waals surface area contributed by atoms with Crippen molar-refractivity contribution in [3.8, 4) is 5.88 Å². The average molecular weight is 408 g/mol. The summed E-state index contributed by atoms with van der Waals surface area (Å²) in [6.07, 6.45) is 5.03. The van der Waals surface area contributed by atoms with Gasteiger partial charge in [-0.25, -0.2) is 9.97 Å². The number of carbonyl (C=O) groups is 1. The molecule has 2 aromatic heterocycles. The van der Waals surface area contributed by atoms with E-state index in [0.29, 0.717) is 22.5 Å². The van der Waals surface area contributed by atoms with Crippen molar-refractivity contribution in [2.24, 2.45) is 5.92 Å². The molecule has 1 aliphatic heterocycles. The van der Waals surface area contributed by atoms with Gasteiger partial charge in [-0.2, -0.15) is 0 Å². The van der Waals surface area contributed by atoms with Gasteiger partial charge in [-0.3, -0.25) is 10.1 Å². The Balaban J connectivity index is 1.69. The summed E-state index contributed by atoms with van der Waals surface area (Å²) in [5.74, 6) is 3.03. The molecule has 8 heteroatoms. The summed E-state index contributed by atoms with van der Waals surface area (Å²) < 4.78 is 5.73. The highest BCUT2D eigenvalue weighted by molar-refractivity contribution is 8.02. The van der Waals surface area contributed by atoms with Gasteiger partial charge in [0.25, 0.3) is 5.91 Å². The molecule has 2 aromatic rings. The SMILES string of the molecule is CC(C)Oc1cc(C(=O)Nc2nccs2)cc(SCCC2C=CSC2)n1. The smallest absolute Gasteiger partial charge is 0.257 e. The third-order valence-corrected chi connectivity index (χ3v) is 6.15. The zero-order valence-corrected chi connectivity index (χ0v) is 17.1. The number of rotatable bonds is 8. The zero-order chi connectivity index (χ0) is 18.4. The van der Waals surface area contributed by atoms with Crippen LogP contribution in [-0.2, 0) is 0 Å². The van der Waals surface area contributed by atoms with Crippen molar-refractivity contribution in [3.05, 3.63) is 40.8 Å². The highest BCUT2D eigenvalue weighted by Crippen LogP contribution is 2.28. The van der Waals surface area contributed by atoms with Crippen LogP contribution in [-0.4, -0.2) is 33.5 Å². The Labute approximate surface area is 166 Å². The third-order valence-electron chi connectivity index (χ3n) is 3.55. The van der Waals surface area contributed by atoms with Gasteiger partial charge in [0, 0.05) is 34.7 Å². The first kappa shape index (κ1) is 19.3. The van der Waals surface area contributed by atoms with Crippen LogP contribution in [0.4, 0.5) is 5.13 Å². The molecule has 0 aromatic carbocycles. The summed E-state index contributed by atoms with van der Waals surface area (Å²) in [6, 6.07) is 3.50. The number of thioether (sulfide) groups is 2. The molecule has 1 atom stereocenters. The van der Waals surface area contributed by atoms with Crippen molar-refractivity contribution in [2.45, 2.75) is 31.4 Å². The van der Waals surface area contributed by atoms with Crippen molar-refractivity contribution in [1.82, 2.24) is 9.97 Å². The first-order valence-corrected chi connectivity index (χ1v) is 11.3. The number of nitrogens with one attached hydrogen (secondary N) is 1. The molecule has 0 spiro atoms. The molecule has 0 saturated heterocycles. The lowest BCUT2D eigenvalue weighted by Crippen LogP contribution is -2.14. The van der Waals surface area contributed by atoms with Crippen molar-refractivity contribution in [2.75, 3.05) is 16.8 Å². The zero-order valence-electron chi connectivity index (χ0n) is 14.7. The molecular weight excluding hydrogens is 386 g/mol. The van der Waals surface area contributed by atoms with Crippen LogP contribution in [0.2, 0.25) is 0 Å². The van der Waals surface area contributed by atoms with E-state index in [1.54, 1.807) is 24.0 Å². The Hall–Kier alpha value is -1.51. The predicted molar refractivity (Wildman–Crippen MR) is 110 cm³/mol. The van der Waals surface area contributed by atoms with Gasteiger partial charge in [0.1, 0.15) is 5.03 Å². The fourth-order valence-electron chi connectivity index (χ4n) is 2.34. The number of pyridine rings is 1. The predicted octanol–water partition coefficient (Wildman–Crippen LogP) is 4.94. The van der Waals surface area contributed by atoms with E-state index in [4.69, 9.17) is 4.74 Å². The lowest BCUT2D eigenvalue weighted by Gasteiger charge is -2.12. The van der Waals surface area contributed by atoms with E-state index in [0.717, 1.165) is 23.0 Å². The third kappa shape index (κ3) is 5.75. The summed E-state index contributed by atoms with van der Waals surface area (Å²) in [5, 5.41) is 8.20. The van der Waals surface area contributed by atoms with Crippen molar-refractivity contribution in [3.63, 3.8) is 0 Å². The molecule has 1 unspecified atom stereocenters. The van der Waals surface area contributed by atoms with E-state index in [9.17, 15) is 4.79 Å². The van der Waals surface area contributed by atoms with Crippen LogP contribution in [0, 0.1) is 5.92 Å². The molecule has 0 fully saturated rings. The average Bonchev–Trinajstić information content (AvgIpc) is 3.28. The van der Waals surface area contributed by atoms with Crippen molar-refractivity contribution in [1.29, 1.82) is 0 Å². The largest absolute Gasteiger partial charge is 0.475 e. The molecular formula is C18H21N3O2S3. The minimum absolute atomic E-state index is 0.00160. The second-order valence-electron chi connectivity index (χ2n) is 6.05. The molecule has 3 heterocycles. The van der Waals surface area contributed by atoms with E-state index in [1.165, 1.54) is 11.3 Å². The minimum atomic E-state index is -0.201. The first-order valence-electron chi connectivity index (χ1n) is 8.41. The second-order valence-corrected chi connectivity index (χ2v) is 9.00. The maximum absolute atomic E-state index is 12.5. The highest BCUT2D eigenvalue weighted by atomic mass is 32.2. The minimum Gasteiger partial charge on any atom is -0.475 e. The standard InChI is InChI=1S/C18H21N3O2S3/c1-12(2)23-15-9-14(17(22)21-18-19-5-8-26-18)10-16(20-15)25-7-4-13-3-6-24-11-13/h3,5-6,8-10,12-13H,4,7,11H2,1-2H3,(H,19,21,22).